The van der Waals surface area contributed by atoms with Crippen molar-refractivity contribution < 1.29 is 13.2 Å². The lowest BCUT2D eigenvalue weighted by molar-refractivity contribution is -0.116. The van der Waals surface area contributed by atoms with Gasteiger partial charge in [0.1, 0.15) is 6.04 Å². The Balaban J connectivity index is 2.33. The minimum atomic E-state index is -3.70. The zero-order chi connectivity index (χ0) is 17.9. The highest BCUT2D eigenvalue weighted by Gasteiger charge is 2.29. The van der Waals surface area contributed by atoms with Crippen LogP contribution in [0.15, 0.2) is 48.5 Å². The van der Waals surface area contributed by atoms with Gasteiger partial charge in [0.2, 0.25) is 15.9 Å². The lowest BCUT2D eigenvalue weighted by atomic mass is 10.2. The highest BCUT2D eigenvalue weighted by Crippen LogP contribution is 2.26. The van der Waals surface area contributed by atoms with Crippen molar-refractivity contribution in [1.29, 1.82) is 0 Å². The predicted octanol–water partition coefficient (Wildman–Crippen LogP) is 3.79. The lowest BCUT2D eigenvalue weighted by Gasteiger charge is -2.28. The summed E-state index contributed by atoms with van der Waals surface area (Å²) in [7, 11) is -3.70. The fourth-order valence-electron chi connectivity index (χ4n) is 2.22. The monoisotopic (exact) mass is 386 g/mol. The molecule has 128 valence electrons. The number of carbonyl (C=O) groups is 1. The maximum absolute atomic E-state index is 12.5. The minimum absolute atomic E-state index is 0.312. The van der Waals surface area contributed by atoms with Crippen LogP contribution in [0.5, 0.6) is 0 Å². The van der Waals surface area contributed by atoms with Crippen molar-refractivity contribution in [1.82, 2.24) is 0 Å². The topological polar surface area (TPSA) is 66.5 Å². The molecule has 0 aliphatic heterocycles. The molecule has 0 spiro atoms. The van der Waals surface area contributed by atoms with Crippen molar-refractivity contribution in [3.05, 3.63) is 58.6 Å². The standard InChI is InChI=1S/C16H16Cl2N2O3S/c1-11(16(21)19-15-9-4-3-8-14(15)18)20(24(2,22)23)13-7-5-6-12(17)10-13/h3-11H,1-2H3,(H,19,21)/t11-/m0/s1. The van der Waals surface area contributed by atoms with Gasteiger partial charge in [0.05, 0.1) is 22.7 Å². The van der Waals surface area contributed by atoms with Crippen molar-refractivity contribution in [3.8, 4) is 0 Å². The van der Waals surface area contributed by atoms with Gasteiger partial charge in [0, 0.05) is 5.02 Å². The Morgan fingerprint density at radius 2 is 1.79 bits per heavy atom. The molecule has 24 heavy (non-hydrogen) atoms. The van der Waals surface area contributed by atoms with Gasteiger partial charge in [-0.2, -0.15) is 0 Å². The highest BCUT2D eigenvalue weighted by molar-refractivity contribution is 7.92. The third-order valence-electron chi connectivity index (χ3n) is 3.28. The van der Waals surface area contributed by atoms with Crippen molar-refractivity contribution >= 4 is 50.5 Å². The number of anilines is 2. The number of halogens is 2. The van der Waals surface area contributed by atoms with Gasteiger partial charge in [-0.1, -0.05) is 41.4 Å². The molecule has 0 unspecified atom stereocenters. The Hall–Kier alpha value is -1.76. The molecule has 8 heteroatoms. The summed E-state index contributed by atoms with van der Waals surface area (Å²) < 4.78 is 25.4. The van der Waals surface area contributed by atoms with Crippen molar-refractivity contribution in [2.75, 3.05) is 15.9 Å². The summed E-state index contributed by atoms with van der Waals surface area (Å²) >= 11 is 12.0. The molecule has 1 N–H and O–H groups in total. The minimum Gasteiger partial charge on any atom is -0.323 e. The first kappa shape index (κ1) is 18.6. The molecule has 1 amide bonds. The van der Waals surface area contributed by atoms with E-state index >= 15 is 0 Å². The van der Waals surface area contributed by atoms with Crippen molar-refractivity contribution in [2.45, 2.75) is 13.0 Å². The predicted molar refractivity (Wildman–Crippen MR) is 98.3 cm³/mol. The van der Waals surface area contributed by atoms with E-state index in [9.17, 15) is 13.2 Å². The van der Waals surface area contributed by atoms with Gasteiger partial charge in [-0.25, -0.2) is 8.42 Å². The Labute approximate surface area is 151 Å². The SMILES string of the molecule is C[C@@H](C(=O)Nc1ccccc1Cl)N(c1cccc(Cl)c1)S(C)(=O)=O. The number of hydrogen-bond donors (Lipinski definition) is 1. The second-order valence-electron chi connectivity index (χ2n) is 5.18. The van der Waals surface area contributed by atoms with Gasteiger partial charge in [-0.15, -0.1) is 0 Å². The molecular weight excluding hydrogens is 371 g/mol. The van der Waals surface area contributed by atoms with Crippen LogP contribution in [0.2, 0.25) is 10.0 Å². The normalized spacial score (nSPS) is 12.5. The van der Waals surface area contributed by atoms with E-state index in [0.29, 0.717) is 21.4 Å². The second kappa shape index (κ2) is 7.42. The quantitative estimate of drug-likeness (QED) is 0.849. The summed E-state index contributed by atoms with van der Waals surface area (Å²) in [5.41, 5.74) is 0.724. The number of carbonyl (C=O) groups excluding carboxylic acids is 1. The first-order valence-electron chi connectivity index (χ1n) is 7.00. The van der Waals surface area contributed by atoms with Crippen LogP contribution in [0.3, 0.4) is 0 Å². The van der Waals surface area contributed by atoms with Crippen LogP contribution in [0, 0.1) is 0 Å². The molecule has 2 aromatic rings. The van der Waals surface area contributed by atoms with Gasteiger partial charge < -0.3 is 5.32 Å². The largest absolute Gasteiger partial charge is 0.323 e. The number of benzene rings is 2. The second-order valence-corrected chi connectivity index (χ2v) is 7.89. The number of rotatable bonds is 5. The Morgan fingerprint density at radius 3 is 2.38 bits per heavy atom. The van der Waals surface area contributed by atoms with E-state index in [1.807, 2.05) is 0 Å². The van der Waals surface area contributed by atoms with E-state index in [1.165, 1.54) is 13.0 Å². The summed E-state index contributed by atoms with van der Waals surface area (Å²) in [5, 5.41) is 3.38. The Kier molecular flexibility index (Phi) is 5.74. The number of amides is 1. The maximum Gasteiger partial charge on any atom is 0.248 e. The summed E-state index contributed by atoms with van der Waals surface area (Å²) in [6, 6.07) is 12.0. The molecule has 0 saturated carbocycles. The Bertz CT molecular complexity index is 856. The van der Waals surface area contributed by atoms with Gasteiger partial charge in [-0.05, 0) is 37.3 Å². The van der Waals surface area contributed by atoms with E-state index in [0.717, 1.165) is 10.6 Å². The van der Waals surface area contributed by atoms with Crippen LogP contribution in [0.25, 0.3) is 0 Å². The molecule has 2 aromatic carbocycles. The Morgan fingerprint density at radius 1 is 1.12 bits per heavy atom. The van der Waals surface area contributed by atoms with E-state index in [-0.39, 0.29) is 0 Å². The number of nitrogens with one attached hydrogen (secondary N) is 1. The zero-order valence-corrected chi connectivity index (χ0v) is 15.4. The molecule has 0 aliphatic carbocycles. The van der Waals surface area contributed by atoms with E-state index in [1.54, 1.807) is 42.5 Å². The molecular formula is C16H16Cl2N2O3S. The van der Waals surface area contributed by atoms with Gasteiger partial charge >= 0.3 is 0 Å². The smallest absolute Gasteiger partial charge is 0.248 e. The molecule has 5 nitrogen and oxygen atoms in total. The fourth-order valence-corrected chi connectivity index (χ4v) is 3.76. The van der Waals surface area contributed by atoms with Gasteiger partial charge in [0.15, 0.2) is 0 Å². The van der Waals surface area contributed by atoms with E-state index in [2.05, 4.69) is 5.32 Å². The molecule has 0 heterocycles. The average molecular weight is 387 g/mol. The summed E-state index contributed by atoms with van der Waals surface area (Å²) in [4.78, 5) is 12.5. The van der Waals surface area contributed by atoms with E-state index < -0.39 is 22.0 Å². The van der Waals surface area contributed by atoms with Crippen molar-refractivity contribution in [3.63, 3.8) is 0 Å². The fraction of sp³-hybridized carbons (Fsp3) is 0.188. The molecule has 0 bridgehead atoms. The first-order valence-corrected chi connectivity index (χ1v) is 9.61. The summed E-state index contributed by atoms with van der Waals surface area (Å²) in [6.45, 7) is 1.49. The lowest BCUT2D eigenvalue weighted by Crippen LogP contribution is -2.45. The molecule has 0 radical (unpaired) electrons. The van der Waals surface area contributed by atoms with Crippen LogP contribution in [0.1, 0.15) is 6.92 Å². The van der Waals surface area contributed by atoms with E-state index in [4.69, 9.17) is 23.2 Å². The zero-order valence-electron chi connectivity index (χ0n) is 13.0. The van der Waals surface area contributed by atoms with Crippen LogP contribution in [-0.4, -0.2) is 26.6 Å². The van der Waals surface area contributed by atoms with Crippen LogP contribution >= 0.6 is 23.2 Å². The van der Waals surface area contributed by atoms with Gasteiger partial charge in [0.25, 0.3) is 0 Å². The molecule has 0 saturated heterocycles. The molecule has 1 atom stereocenters. The molecule has 0 fully saturated rings. The third-order valence-corrected chi connectivity index (χ3v) is 5.09. The average Bonchev–Trinajstić information content (AvgIpc) is 2.48. The number of hydrogen-bond acceptors (Lipinski definition) is 3. The first-order chi connectivity index (χ1) is 11.2. The maximum atomic E-state index is 12.5. The number of para-hydroxylation sites is 1. The van der Waals surface area contributed by atoms with Crippen molar-refractivity contribution in [2.24, 2.45) is 0 Å². The molecule has 0 aliphatic rings. The van der Waals surface area contributed by atoms with Crippen LogP contribution in [0.4, 0.5) is 11.4 Å². The van der Waals surface area contributed by atoms with Crippen LogP contribution in [-0.2, 0) is 14.8 Å². The molecule has 2 rings (SSSR count). The molecule has 0 aromatic heterocycles. The number of sulfonamides is 1. The number of nitrogens with zero attached hydrogens (tertiary/aromatic N) is 1. The van der Waals surface area contributed by atoms with Crippen LogP contribution < -0.4 is 9.62 Å². The summed E-state index contributed by atoms with van der Waals surface area (Å²) in [5.74, 6) is -0.506. The summed E-state index contributed by atoms with van der Waals surface area (Å²) in [6.07, 6.45) is 1.03. The van der Waals surface area contributed by atoms with Gasteiger partial charge in [-0.3, -0.25) is 9.10 Å². The third kappa shape index (κ3) is 4.41. The highest BCUT2D eigenvalue weighted by atomic mass is 35.5.